The standard InChI is InChI=1S/C20H11F2NO4S/c21-10-5-6-11(13(22)7-10)12-9-28-17(18(12)20(25)26)8-15(24)19-23-14-3-1-2-4-16(14)27-19/h1-7,9H,8H2,(H,25,26). The number of thiophene rings is 1. The summed E-state index contributed by atoms with van der Waals surface area (Å²) in [7, 11) is 0. The van der Waals surface area contributed by atoms with Gasteiger partial charge in [-0.1, -0.05) is 12.1 Å². The Hall–Kier alpha value is -3.39. The number of carboxylic acid groups (broad SMARTS) is 1. The van der Waals surface area contributed by atoms with Crippen LogP contribution in [0.1, 0.15) is 25.9 Å². The third kappa shape index (κ3) is 3.18. The molecule has 8 heteroatoms. The van der Waals surface area contributed by atoms with E-state index in [0.717, 1.165) is 17.4 Å². The van der Waals surface area contributed by atoms with E-state index in [4.69, 9.17) is 4.42 Å². The van der Waals surface area contributed by atoms with E-state index in [1.54, 1.807) is 24.3 Å². The summed E-state index contributed by atoms with van der Waals surface area (Å²) in [5.74, 6) is -3.57. The maximum absolute atomic E-state index is 14.1. The number of hydrogen-bond donors (Lipinski definition) is 1. The maximum Gasteiger partial charge on any atom is 0.337 e. The van der Waals surface area contributed by atoms with Crippen LogP contribution in [0.25, 0.3) is 22.2 Å². The predicted molar refractivity (Wildman–Crippen MR) is 98.7 cm³/mol. The quantitative estimate of drug-likeness (QED) is 0.480. The molecule has 0 saturated carbocycles. The Balaban J connectivity index is 1.71. The molecule has 0 unspecified atom stereocenters. The van der Waals surface area contributed by atoms with Crippen LogP contribution in [0.2, 0.25) is 0 Å². The highest BCUT2D eigenvalue weighted by molar-refractivity contribution is 7.11. The fraction of sp³-hybridized carbons (Fsp3) is 0.0500. The maximum atomic E-state index is 14.1. The largest absolute Gasteiger partial charge is 0.478 e. The van der Waals surface area contributed by atoms with Crippen molar-refractivity contribution in [3.8, 4) is 11.1 Å². The van der Waals surface area contributed by atoms with Crippen LogP contribution in [-0.4, -0.2) is 21.8 Å². The second-order valence-corrected chi connectivity index (χ2v) is 6.93. The molecule has 0 spiro atoms. The number of benzene rings is 2. The highest BCUT2D eigenvalue weighted by Gasteiger charge is 2.25. The van der Waals surface area contributed by atoms with Crippen molar-refractivity contribution in [2.75, 3.05) is 0 Å². The molecule has 0 atom stereocenters. The molecule has 5 nitrogen and oxygen atoms in total. The molecule has 0 aliphatic carbocycles. The number of fused-ring (bicyclic) bond motifs is 1. The number of aromatic nitrogens is 1. The van der Waals surface area contributed by atoms with Gasteiger partial charge in [-0.15, -0.1) is 11.3 Å². The highest BCUT2D eigenvalue weighted by Crippen LogP contribution is 2.34. The molecule has 0 aliphatic heterocycles. The third-order valence-corrected chi connectivity index (χ3v) is 5.14. The van der Waals surface area contributed by atoms with Gasteiger partial charge in [-0.05, 0) is 29.6 Å². The minimum Gasteiger partial charge on any atom is -0.478 e. The van der Waals surface area contributed by atoms with Crippen LogP contribution >= 0.6 is 11.3 Å². The Labute approximate surface area is 160 Å². The molecule has 0 bridgehead atoms. The summed E-state index contributed by atoms with van der Waals surface area (Å²) in [6.45, 7) is 0. The molecule has 0 radical (unpaired) electrons. The first-order valence-electron chi connectivity index (χ1n) is 8.12. The van der Waals surface area contributed by atoms with Crippen molar-refractivity contribution in [1.29, 1.82) is 0 Å². The van der Waals surface area contributed by atoms with E-state index in [9.17, 15) is 23.5 Å². The number of carbonyl (C=O) groups excluding carboxylic acids is 1. The molecule has 2 aromatic heterocycles. The molecule has 2 heterocycles. The van der Waals surface area contributed by atoms with Gasteiger partial charge in [0.05, 0.1) is 12.0 Å². The summed E-state index contributed by atoms with van der Waals surface area (Å²) in [4.78, 5) is 28.7. The number of halogens is 2. The SMILES string of the molecule is O=C(Cc1scc(-c2ccc(F)cc2F)c1C(=O)O)c1nc2ccccc2o1. The van der Waals surface area contributed by atoms with E-state index >= 15 is 0 Å². The van der Waals surface area contributed by atoms with Gasteiger partial charge in [0.25, 0.3) is 5.89 Å². The van der Waals surface area contributed by atoms with E-state index in [-0.39, 0.29) is 33.9 Å². The van der Waals surface area contributed by atoms with Gasteiger partial charge in [0.1, 0.15) is 17.2 Å². The predicted octanol–water partition coefficient (Wildman–Crippen LogP) is 4.96. The molecule has 0 amide bonds. The molecule has 0 aliphatic rings. The summed E-state index contributed by atoms with van der Waals surface area (Å²) >= 11 is 1.01. The van der Waals surface area contributed by atoms with Gasteiger partial charge in [-0.2, -0.15) is 0 Å². The van der Waals surface area contributed by atoms with Gasteiger partial charge in [0.2, 0.25) is 5.78 Å². The van der Waals surface area contributed by atoms with Crippen molar-refractivity contribution in [2.24, 2.45) is 0 Å². The van der Waals surface area contributed by atoms with Crippen molar-refractivity contribution < 1.29 is 27.9 Å². The molecule has 0 fully saturated rings. The number of aromatic carboxylic acids is 1. The molecule has 2 aromatic carbocycles. The Morgan fingerprint density at radius 1 is 1.11 bits per heavy atom. The molecular weight excluding hydrogens is 388 g/mol. The van der Waals surface area contributed by atoms with Crippen LogP contribution in [0.5, 0.6) is 0 Å². The summed E-state index contributed by atoms with van der Waals surface area (Å²) in [6, 6.07) is 9.76. The Kier molecular flexibility index (Phi) is 4.48. The number of ketones is 1. The topological polar surface area (TPSA) is 80.4 Å². The Morgan fingerprint density at radius 3 is 2.61 bits per heavy atom. The zero-order chi connectivity index (χ0) is 19.8. The van der Waals surface area contributed by atoms with Crippen LogP contribution in [0, 0.1) is 11.6 Å². The van der Waals surface area contributed by atoms with Crippen molar-refractivity contribution in [1.82, 2.24) is 4.98 Å². The first-order chi connectivity index (χ1) is 13.4. The number of nitrogens with zero attached hydrogens (tertiary/aromatic N) is 1. The number of rotatable bonds is 5. The third-order valence-electron chi connectivity index (χ3n) is 4.16. The summed E-state index contributed by atoms with van der Waals surface area (Å²) in [5, 5.41) is 11.0. The number of carbonyl (C=O) groups is 2. The number of hydrogen-bond acceptors (Lipinski definition) is 5. The average Bonchev–Trinajstić information content (AvgIpc) is 3.26. The van der Waals surface area contributed by atoms with Crippen LogP contribution in [-0.2, 0) is 6.42 Å². The van der Waals surface area contributed by atoms with Crippen LogP contribution in [0.3, 0.4) is 0 Å². The summed E-state index contributed by atoms with van der Waals surface area (Å²) < 4.78 is 32.7. The smallest absolute Gasteiger partial charge is 0.337 e. The van der Waals surface area contributed by atoms with E-state index in [1.165, 1.54) is 11.4 Å². The van der Waals surface area contributed by atoms with Gasteiger partial charge < -0.3 is 9.52 Å². The van der Waals surface area contributed by atoms with E-state index in [2.05, 4.69) is 4.98 Å². The second-order valence-electron chi connectivity index (χ2n) is 5.96. The van der Waals surface area contributed by atoms with E-state index in [0.29, 0.717) is 17.2 Å². The number of Topliss-reactive ketones (excluding diaryl/α,β-unsaturated/α-hetero) is 1. The normalized spacial score (nSPS) is 11.1. The van der Waals surface area contributed by atoms with Gasteiger partial charge in [-0.25, -0.2) is 18.6 Å². The molecular formula is C20H11F2NO4S. The van der Waals surface area contributed by atoms with Crippen molar-refractivity contribution >= 4 is 34.2 Å². The lowest BCUT2D eigenvalue weighted by atomic mass is 10.0. The molecule has 0 saturated heterocycles. The fourth-order valence-electron chi connectivity index (χ4n) is 2.88. The van der Waals surface area contributed by atoms with Crippen molar-refractivity contribution in [3.63, 3.8) is 0 Å². The highest BCUT2D eigenvalue weighted by atomic mass is 32.1. The van der Waals surface area contributed by atoms with E-state index < -0.39 is 23.4 Å². The van der Waals surface area contributed by atoms with Crippen molar-refractivity contribution in [3.05, 3.63) is 75.8 Å². The first-order valence-corrected chi connectivity index (χ1v) is 9.00. The molecule has 28 heavy (non-hydrogen) atoms. The van der Waals surface area contributed by atoms with Crippen LogP contribution in [0.15, 0.2) is 52.3 Å². The zero-order valence-corrected chi connectivity index (χ0v) is 14.9. The molecule has 1 N–H and O–H groups in total. The molecule has 140 valence electrons. The van der Waals surface area contributed by atoms with Gasteiger partial charge >= 0.3 is 5.97 Å². The van der Waals surface area contributed by atoms with E-state index in [1.807, 2.05) is 0 Å². The Bertz CT molecular complexity index is 1200. The van der Waals surface area contributed by atoms with Gasteiger partial charge in [0, 0.05) is 22.1 Å². The molecule has 4 rings (SSSR count). The minimum absolute atomic E-state index is 0.0457. The lowest BCUT2D eigenvalue weighted by Crippen LogP contribution is -2.08. The zero-order valence-electron chi connectivity index (χ0n) is 14.1. The monoisotopic (exact) mass is 399 g/mol. The van der Waals surface area contributed by atoms with Crippen LogP contribution in [0.4, 0.5) is 8.78 Å². The Morgan fingerprint density at radius 2 is 1.89 bits per heavy atom. The van der Waals surface area contributed by atoms with Crippen LogP contribution < -0.4 is 0 Å². The summed E-state index contributed by atoms with van der Waals surface area (Å²) in [5.41, 5.74) is 0.820. The lowest BCUT2D eigenvalue weighted by Gasteiger charge is -2.04. The first kappa shape index (κ1) is 18.0. The fourth-order valence-corrected chi connectivity index (χ4v) is 3.92. The summed E-state index contributed by atoms with van der Waals surface area (Å²) in [6.07, 6.45) is -0.262. The van der Waals surface area contributed by atoms with Crippen molar-refractivity contribution in [2.45, 2.75) is 6.42 Å². The number of para-hydroxylation sites is 2. The lowest BCUT2D eigenvalue weighted by molar-refractivity contribution is 0.0697. The number of oxazole rings is 1. The molecule has 4 aromatic rings. The van der Waals surface area contributed by atoms with Gasteiger partial charge in [0.15, 0.2) is 5.58 Å². The van der Waals surface area contributed by atoms with Gasteiger partial charge in [-0.3, -0.25) is 4.79 Å². The number of carboxylic acids is 1. The second kappa shape index (κ2) is 6.97. The minimum atomic E-state index is -1.31. The average molecular weight is 399 g/mol.